The highest BCUT2D eigenvalue weighted by Gasteiger charge is 2.07. The molecule has 3 aromatic rings. The Morgan fingerprint density at radius 3 is 2.67 bits per heavy atom. The van der Waals surface area contributed by atoms with E-state index in [4.69, 9.17) is 0 Å². The SMILES string of the molecule is O=C(CSc1c[nH]c2ccccc12)NCc1ccccc1. The maximum Gasteiger partial charge on any atom is 0.230 e. The molecule has 0 saturated heterocycles. The van der Waals surface area contributed by atoms with Crippen LogP contribution < -0.4 is 5.32 Å². The molecule has 0 bridgehead atoms. The molecule has 0 spiro atoms. The van der Waals surface area contributed by atoms with Gasteiger partial charge in [0, 0.05) is 28.5 Å². The van der Waals surface area contributed by atoms with Gasteiger partial charge in [0.1, 0.15) is 0 Å². The van der Waals surface area contributed by atoms with Crippen molar-refractivity contribution in [1.29, 1.82) is 0 Å². The lowest BCUT2D eigenvalue weighted by Gasteiger charge is -2.04. The van der Waals surface area contributed by atoms with Crippen molar-refractivity contribution in [3.63, 3.8) is 0 Å². The van der Waals surface area contributed by atoms with Crippen molar-refractivity contribution in [3.05, 3.63) is 66.4 Å². The van der Waals surface area contributed by atoms with Crippen molar-refractivity contribution < 1.29 is 4.79 Å². The number of para-hydroxylation sites is 1. The van der Waals surface area contributed by atoms with Crippen LogP contribution in [0, 0.1) is 0 Å². The van der Waals surface area contributed by atoms with Gasteiger partial charge in [-0.25, -0.2) is 0 Å². The standard InChI is InChI=1S/C17H16N2OS/c20-17(19-10-13-6-2-1-3-7-13)12-21-16-11-18-15-9-5-4-8-14(15)16/h1-9,11,18H,10,12H2,(H,19,20). The van der Waals surface area contributed by atoms with Crippen LogP contribution in [0.2, 0.25) is 0 Å². The highest BCUT2D eigenvalue weighted by molar-refractivity contribution is 8.00. The Kier molecular flexibility index (Phi) is 4.26. The van der Waals surface area contributed by atoms with Crippen LogP contribution in [0.1, 0.15) is 5.56 Å². The Hall–Kier alpha value is -2.20. The summed E-state index contributed by atoms with van der Waals surface area (Å²) in [7, 11) is 0. The van der Waals surface area contributed by atoms with Crippen molar-refractivity contribution in [2.75, 3.05) is 5.75 Å². The van der Waals surface area contributed by atoms with E-state index in [1.165, 1.54) is 5.39 Å². The van der Waals surface area contributed by atoms with E-state index in [-0.39, 0.29) is 5.91 Å². The fraction of sp³-hybridized carbons (Fsp3) is 0.118. The molecule has 0 aliphatic heterocycles. The highest BCUT2D eigenvalue weighted by atomic mass is 32.2. The number of aromatic amines is 1. The van der Waals surface area contributed by atoms with E-state index < -0.39 is 0 Å². The van der Waals surface area contributed by atoms with E-state index in [0.29, 0.717) is 12.3 Å². The first-order valence-electron chi connectivity index (χ1n) is 6.82. The molecule has 106 valence electrons. The maximum atomic E-state index is 11.9. The maximum absolute atomic E-state index is 11.9. The summed E-state index contributed by atoms with van der Waals surface area (Å²) in [6.07, 6.45) is 1.96. The number of thioether (sulfide) groups is 1. The number of carbonyl (C=O) groups excluding carboxylic acids is 1. The summed E-state index contributed by atoms with van der Waals surface area (Å²) in [6, 6.07) is 18.0. The Labute approximate surface area is 127 Å². The quantitative estimate of drug-likeness (QED) is 0.707. The van der Waals surface area contributed by atoms with Crippen molar-refractivity contribution in [2.24, 2.45) is 0 Å². The summed E-state index contributed by atoms with van der Waals surface area (Å²) in [4.78, 5) is 16.2. The average Bonchev–Trinajstić information content (AvgIpc) is 2.95. The Morgan fingerprint density at radius 2 is 1.81 bits per heavy atom. The summed E-state index contributed by atoms with van der Waals surface area (Å²) >= 11 is 1.56. The van der Waals surface area contributed by atoms with Gasteiger partial charge in [-0.05, 0) is 11.6 Å². The van der Waals surface area contributed by atoms with Gasteiger partial charge >= 0.3 is 0 Å². The zero-order valence-corrected chi connectivity index (χ0v) is 12.3. The number of fused-ring (bicyclic) bond motifs is 1. The topological polar surface area (TPSA) is 44.9 Å². The highest BCUT2D eigenvalue weighted by Crippen LogP contribution is 2.27. The first-order chi connectivity index (χ1) is 10.3. The zero-order valence-electron chi connectivity index (χ0n) is 11.5. The molecule has 4 heteroatoms. The molecule has 1 aromatic heterocycles. The number of hydrogen-bond donors (Lipinski definition) is 2. The van der Waals surface area contributed by atoms with Crippen molar-refractivity contribution in [3.8, 4) is 0 Å². The minimum Gasteiger partial charge on any atom is -0.360 e. The van der Waals surface area contributed by atoms with Crippen LogP contribution >= 0.6 is 11.8 Å². The van der Waals surface area contributed by atoms with Gasteiger partial charge in [-0.2, -0.15) is 0 Å². The number of benzene rings is 2. The summed E-state index contributed by atoms with van der Waals surface area (Å²) in [6.45, 7) is 0.577. The molecule has 3 rings (SSSR count). The Morgan fingerprint density at radius 1 is 1.05 bits per heavy atom. The van der Waals surface area contributed by atoms with Crippen LogP contribution in [0.15, 0.2) is 65.7 Å². The summed E-state index contributed by atoms with van der Waals surface area (Å²) in [5, 5.41) is 4.10. The second-order valence-corrected chi connectivity index (χ2v) is 5.77. The molecule has 0 atom stereocenters. The van der Waals surface area contributed by atoms with Crippen molar-refractivity contribution in [2.45, 2.75) is 11.4 Å². The predicted octanol–water partition coefficient (Wildman–Crippen LogP) is 3.58. The van der Waals surface area contributed by atoms with Gasteiger partial charge in [-0.1, -0.05) is 48.5 Å². The third-order valence-corrected chi connectivity index (χ3v) is 4.30. The Bertz CT molecular complexity index is 737. The molecule has 0 aliphatic carbocycles. The van der Waals surface area contributed by atoms with Gasteiger partial charge in [-0.15, -0.1) is 11.8 Å². The van der Waals surface area contributed by atoms with E-state index in [0.717, 1.165) is 16.0 Å². The molecule has 2 N–H and O–H groups in total. The third kappa shape index (κ3) is 3.47. The number of rotatable bonds is 5. The molecule has 21 heavy (non-hydrogen) atoms. The second-order valence-electron chi connectivity index (χ2n) is 4.75. The van der Waals surface area contributed by atoms with Gasteiger partial charge in [-0.3, -0.25) is 4.79 Å². The molecule has 1 heterocycles. The van der Waals surface area contributed by atoms with Crippen LogP contribution in [0.5, 0.6) is 0 Å². The zero-order chi connectivity index (χ0) is 14.5. The van der Waals surface area contributed by atoms with E-state index in [2.05, 4.69) is 16.4 Å². The number of amides is 1. The Balaban J connectivity index is 1.54. The number of nitrogens with one attached hydrogen (secondary N) is 2. The first kappa shape index (κ1) is 13.8. The summed E-state index contributed by atoms with van der Waals surface area (Å²) in [5.41, 5.74) is 2.22. The average molecular weight is 296 g/mol. The second kappa shape index (κ2) is 6.50. The van der Waals surface area contributed by atoms with Crippen LogP contribution in [-0.2, 0) is 11.3 Å². The lowest BCUT2D eigenvalue weighted by Crippen LogP contribution is -2.24. The molecule has 3 nitrogen and oxygen atoms in total. The molecule has 1 amide bonds. The lowest BCUT2D eigenvalue weighted by molar-refractivity contribution is -0.118. The molecule has 0 aliphatic rings. The monoisotopic (exact) mass is 296 g/mol. The van der Waals surface area contributed by atoms with E-state index in [1.54, 1.807) is 11.8 Å². The molecule has 0 saturated carbocycles. The normalized spacial score (nSPS) is 10.7. The molecule has 0 radical (unpaired) electrons. The largest absolute Gasteiger partial charge is 0.360 e. The number of carbonyl (C=O) groups is 1. The third-order valence-electron chi connectivity index (χ3n) is 3.24. The number of aromatic nitrogens is 1. The molecular formula is C17H16N2OS. The molecule has 0 fully saturated rings. The number of hydrogen-bond acceptors (Lipinski definition) is 2. The van der Waals surface area contributed by atoms with Crippen LogP contribution in [0.3, 0.4) is 0 Å². The van der Waals surface area contributed by atoms with Crippen LogP contribution in [-0.4, -0.2) is 16.6 Å². The minimum atomic E-state index is 0.0501. The summed E-state index contributed by atoms with van der Waals surface area (Å²) in [5.74, 6) is 0.475. The molecular weight excluding hydrogens is 280 g/mol. The van der Waals surface area contributed by atoms with E-state index in [9.17, 15) is 4.79 Å². The molecule has 2 aromatic carbocycles. The molecule has 0 unspecified atom stereocenters. The lowest BCUT2D eigenvalue weighted by atomic mass is 10.2. The van der Waals surface area contributed by atoms with Gasteiger partial charge < -0.3 is 10.3 Å². The smallest absolute Gasteiger partial charge is 0.230 e. The van der Waals surface area contributed by atoms with E-state index in [1.807, 2.05) is 54.7 Å². The fourth-order valence-electron chi connectivity index (χ4n) is 2.16. The van der Waals surface area contributed by atoms with Gasteiger partial charge in [0.2, 0.25) is 5.91 Å². The van der Waals surface area contributed by atoms with Crippen molar-refractivity contribution in [1.82, 2.24) is 10.3 Å². The van der Waals surface area contributed by atoms with Crippen LogP contribution in [0.4, 0.5) is 0 Å². The van der Waals surface area contributed by atoms with Crippen molar-refractivity contribution >= 4 is 28.6 Å². The van der Waals surface area contributed by atoms with E-state index >= 15 is 0 Å². The van der Waals surface area contributed by atoms with Gasteiger partial charge in [0.25, 0.3) is 0 Å². The minimum absolute atomic E-state index is 0.0501. The summed E-state index contributed by atoms with van der Waals surface area (Å²) < 4.78 is 0. The predicted molar refractivity (Wildman–Crippen MR) is 87.3 cm³/mol. The number of H-pyrrole nitrogens is 1. The van der Waals surface area contributed by atoms with Gasteiger partial charge in [0.05, 0.1) is 5.75 Å². The fourth-order valence-corrected chi connectivity index (χ4v) is 3.02. The van der Waals surface area contributed by atoms with Crippen LogP contribution in [0.25, 0.3) is 10.9 Å². The first-order valence-corrected chi connectivity index (χ1v) is 7.81. The van der Waals surface area contributed by atoms with Gasteiger partial charge in [0.15, 0.2) is 0 Å².